The van der Waals surface area contributed by atoms with Crippen molar-refractivity contribution in [2.45, 2.75) is 57.7 Å². The zero-order valence-corrected chi connectivity index (χ0v) is 11.1. The Bertz CT molecular complexity index is 407. The Hall–Kier alpha value is -0.930. The molecule has 1 aromatic rings. The average molecular weight is 251 g/mol. The molecule has 18 heavy (non-hydrogen) atoms. The van der Waals surface area contributed by atoms with Crippen LogP contribution in [0.2, 0.25) is 0 Å². The molecule has 3 unspecified atom stereocenters. The summed E-state index contributed by atoms with van der Waals surface area (Å²) in [6.45, 7) is 3.90. The third kappa shape index (κ3) is 3.30. The maximum Gasteiger partial charge on any atom is 0.126 e. The van der Waals surface area contributed by atoms with Gasteiger partial charge < -0.3 is 10.4 Å². The minimum Gasteiger partial charge on any atom is -0.388 e. The second kappa shape index (κ2) is 5.81. The van der Waals surface area contributed by atoms with Crippen LogP contribution in [0.4, 0.5) is 4.39 Å². The Labute approximate surface area is 108 Å². The van der Waals surface area contributed by atoms with Gasteiger partial charge in [-0.2, -0.15) is 0 Å². The van der Waals surface area contributed by atoms with Gasteiger partial charge in [0.25, 0.3) is 0 Å². The van der Waals surface area contributed by atoms with Crippen molar-refractivity contribution in [3.8, 4) is 0 Å². The number of aliphatic hydroxyl groups is 1. The number of hydrogen-bond donors (Lipinski definition) is 2. The van der Waals surface area contributed by atoms with Crippen molar-refractivity contribution in [1.82, 2.24) is 5.32 Å². The Kier molecular flexibility index (Phi) is 4.36. The molecule has 2 rings (SSSR count). The molecule has 3 heteroatoms. The first-order valence-corrected chi connectivity index (χ1v) is 6.76. The van der Waals surface area contributed by atoms with Gasteiger partial charge in [-0.3, -0.25) is 0 Å². The van der Waals surface area contributed by atoms with Gasteiger partial charge in [0.2, 0.25) is 0 Å². The molecule has 0 aliphatic carbocycles. The van der Waals surface area contributed by atoms with Crippen LogP contribution in [-0.4, -0.2) is 17.2 Å². The van der Waals surface area contributed by atoms with Crippen LogP contribution in [0.15, 0.2) is 18.2 Å². The lowest BCUT2D eigenvalue weighted by molar-refractivity contribution is 0.139. The summed E-state index contributed by atoms with van der Waals surface area (Å²) < 4.78 is 13.5. The van der Waals surface area contributed by atoms with Crippen LogP contribution in [-0.2, 0) is 0 Å². The number of halogens is 1. The van der Waals surface area contributed by atoms with Crippen LogP contribution >= 0.6 is 0 Å². The van der Waals surface area contributed by atoms with Gasteiger partial charge in [-0.15, -0.1) is 0 Å². The fourth-order valence-corrected chi connectivity index (χ4v) is 2.65. The molecule has 0 spiro atoms. The molecule has 0 aromatic heterocycles. The molecule has 1 aliphatic heterocycles. The summed E-state index contributed by atoms with van der Waals surface area (Å²) in [5, 5.41) is 13.7. The minimum atomic E-state index is -0.581. The van der Waals surface area contributed by atoms with Crippen LogP contribution in [0.25, 0.3) is 0 Å². The van der Waals surface area contributed by atoms with Gasteiger partial charge in [0.1, 0.15) is 5.82 Å². The first-order valence-electron chi connectivity index (χ1n) is 6.76. The summed E-state index contributed by atoms with van der Waals surface area (Å²) >= 11 is 0. The van der Waals surface area contributed by atoms with E-state index in [0.717, 1.165) is 6.42 Å². The number of aliphatic hydroxyl groups excluding tert-OH is 1. The Balaban J connectivity index is 1.98. The molecule has 1 fully saturated rings. The van der Waals surface area contributed by atoms with Gasteiger partial charge in [-0.1, -0.05) is 18.6 Å². The summed E-state index contributed by atoms with van der Waals surface area (Å²) in [4.78, 5) is 0. The predicted octanol–water partition coefficient (Wildman–Crippen LogP) is 3.09. The molecule has 1 heterocycles. The van der Waals surface area contributed by atoms with E-state index in [1.54, 1.807) is 13.0 Å². The quantitative estimate of drug-likeness (QED) is 0.865. The summed E-state index contributed by atoms with van der Waals surface area (Å²) in [5.74, 6) is -0.239. The molecule has 2 nitrogen and oxygen atoms in total. The smallest absolute Gasteiger partial charge is 0.126 e. The highest BCUT2D eigenvalue weighted by Crippen LogP contribution is 2.24. The van der Waals surface area contributed by atoms with Gasteiger partial charge in [-0.25, -0.2) is 4.39 Å². The molecule has 2 N–H and O–H groups in total. The maximum atomic E-state index is 13.5. The van der Waals surface area contributed by atoms with E-state index in [0.29, 0.717) is 29.6 Å². The average Bonchev–Trinajstić information content (AvgIpc) is 2.32. The minimum absolute atomic E-state index is 0.239. The molecule has 0 amide bonds. The summed E-state index contributed by atoms with van der Waals surface area (Å²) in [5.41, 5.74) is 1.30. The highest BCUT2D eigenvalue weighted by molar-refractivity contribution is 5.25. The van der Waals surface area contributed by atoms with Crippen molar-refractivity contribution in [3.05, 3.63) is 35.1 Å². The Morgan fingerprint density at radius 1 is 1.44 bits per heavy atom. The molecule has 1 saturated heterocycles. The largest absolute Gasteiger partial charge is 0.388 e. The second-order valence-corrected chi connectivity index (χ2v) is 5.46. The molecule has 0 radical (unpaired) electrons. The molecule has 0 bridgehead atoms. The second-order valence-electron chi connectivity index (χ2n) is 5.46. The first-order chi connectivity index (χ1) is 8.56. The molecular weight excluding hydrogens is 229 g/mol. The molecule has 0 saturated carbocycles. The zero-order valence-electron chi connectivity index (χ0n) is 11.1. The standard InChI is InChI=1S/C15H22FNO/c1-10-6-7-12(8-14(10)16)15(18)9-13-5-3-4-11(2)17-13/h6-8,11,13,15,17-18H,3-5,9H2,1-2H3. The van der Waals surface area contributed by atoms with Crippen molar-refractivity contribution in [3.63, 3.8) is 0 Å². The zero-order chi connectivity index (χ0) is 13.1. The number of piperidine rings is 1. The van der Waals surface area contributed by atoms with Gasteiger partial charge in [0, 0.05) is 12.1 Å². The lowest BCUT2D eigenvalue weighted by Gasteiger charge is -2.30. The van der Waals surface area contributed by atoms with E-state index in [4.69, 9.17) is 0 Å². The van der Waals surface area contributed by atoms with Gasteiger partial charge >= 0.3 is 0 Å². The Morgan fingerprint density at radius 2 is 2.22 bits per heavy atom. The fourth-order valence-electron chi connectivity index (χ4n) is 2.65. The van der Waals surface area contributed by atoms with E-state index in [9.17, 15) is 9.50 Å². The van der Waals surface area contributed by atoms with E-state index in [-0.39, 0.29) is 5.82 Å². The number of aryl methyl sites for hydroxylation is 1. The van der Waals surface area contributed by atoms with Gasteiger partial charge in [-0.05, 0) is 50.3 Å². The van der Waals surface area contributed by atoms with E-state index < -0.39 is 6.10 Å². The predicted molar refractivity (Wildman–Crippen MR) is 71.0 cm³/mol. The van der Waals surface area contributed by atoms with E-state index in [1.807, 2.05) is 6.07 Å². The highest BCUT2D eigenvalue weighted by atomic mass is 19.1. The Morgan fingerprint density at radius 3 is 2.89 bits per heavy atom. The third-order valence-corrected chi connectivity index (χ3v) is 3.80. The van der Waals surface area contributed by atoms with Crippen molar-refractivity contribution in [2.75, 3.05) is 0 Å². The van der Waals surface area contributed by atoms with Crippen LogP contribution < -0.4 is 5.32 Å². The van der Waals surface area contributed by atoms with Crippen LogP contribution in [0.3, 0.4) is 0 Å². The van der Waals surface area contributed by atoms with Crippen LogP contribution in [0.5, 0.6) is 0 Å². The van der Waals surface area contributed by atoms with E-state index in [1.165, 1.54) is 18.9 Å². The summed E-state index contributed by atoms with van der Waals surface area (Å²) in [6.07, 6.45) is 3.57. The van der Waals surface area contributed by atoms with E-state index in [2.05, 4.69) is 12.2 Å². The third-order valence-electron chi connectivity index (χ3n) is 3.80. The van der Waals surface area contributed by atoms with Crippen molar-refractivity contribution >= 4 is 0 Å². The fraction of sp³-hybridized carbons (Fsp3) is 0.600. The van der Waals surface area contributed by atoms with Crippen molar-refractivity contribution < 1.29 is 9.50 Å². The maximum absolute atomic E-state index is 13.5. The summed E-state index contributed by atoms with van der Waals surface area (Å²) in [6, 6.07) is 5.85. The molecule has 1 aromatic carbocycles. The van der Waals surface area contributed by atoms with Gasteiger partial charge in [0.05, 0.1) is 6.10 Å². The number of rotatable bonds is 3. The molecule has 1 aliphatic rings. The van der Waals surface area contributed by atoms with Crippen molar-refractivity contribution in [2.24, 2.45) is 0 Å². The number of nitrogens with one attached hydrogen (secondary N) is 1. The lowest BCUT2D eigenvalue weighted by Crippen LogP contribution is -2.41. The topological polar surface area (TPSA) is 32.3 Å². The molecular formula is C15H22FNO. The number of hydrogen-bond acceptors (Lipinski definition) is 2. The lowest BCUT2D eigenvalue weighted by atomic mass is 9.93. The molecule has 3 atom stereocenters. The van der Waals surface area contributed by atoms with E-state index >= 15 is 0 Å². The number of benzene rings is 1. The van der Waals surface area contributed by atoms with Crippen LogP contribution in [0, 0.1) is 12.7 Å². The van der Waals surface area contributed by atoms with Gasteiger partial charge in [0.15, 0.2) is 0 Å². The first kappa shape index (κ1) is 13.5. The highest BCUT2D eigenvalue weighted by Gasteiger charge is 2.21. The van der Waals surface area contributed by atoms with Crippen LogP contribution in [0.1, 0.15) is 49.8 Å². The molecule has 100 valence electrons. The monoisotopic (exact) mass is 251 g/mol. The van der Waals surface area contributed by atoms with Crippen molar-refractivity contribution in [1.29, 1.82) is 0 Å². The SMILES string of the molecule is Cc1ccc(C(O)CC2CCCC(C)N2)cc1F. The summed E-state index contributed by atoms with van der Waals surface area (Å²) in [7, 11) is 0. The normalized spacial score (nSPS) is 26.0.